The first-order chi connectivity index (χ1) is 7.24. The van der Waals surface area contributed by atoms with Gasteiger partial charge in [0.25, 0.3) is 0 Å². The van der Waals surface area contributed by atoms with Crippen LogP contribution in [0.1, 0.15) is 5.56 Å². The van der Waals surface area contributed by atoms with E-state index in [2.05, 4.69) is 78.0 Å². The van der Waals surface area contributed by atoms with Crippen LogP contribution in [-0.4, -0.2) is 0 Å². The van der Waals surface area contributed by atoms with Crippen molar-refractivity contribution in [3.05, 3.63) is 57.7 Å². The molecule has 0 bridgehead atoms. The molecule has 0 amide bonds. The van der Waals surface area contributed by atoms with Gasteiger partial charge in [-0.1, -0.05) is 29.5 Å². The van der Waals surface area contributed by atoms with Crippen LogP contribution in [0, 0.1) is 10.5 Å². The molecule has 0 saturated carbocycles. The Hall–Kier alpha value is -0.480. The van der Waals surface area contributed by atoms with Crippen molar-refractivity contribution in [2.75, 3.05) is 0 Å². The van der Waals surface area contributed by atoms with Gasteiger partial charge in [-0.15, -0.1) is 0 Å². The molecule has 0 aliphatic rings. The van der Waals surface area contributed by atoms with Crippen LogP contribution in [0.25, 0.3) is 0 Å². The normalized spacial score (nSPS) is 10.3. The number of hydrogen-bond acceptors (Lipinski definition) is 1. The quantitative estimate of drug-likeness (QED) is 0.718. The van der Waals surface area contributed by atoms with Gasteiger partial charge in [0.2, 0.25) is 0 Å². The van der Waals surface area contributed by atoms with Crippen LogP contribution in [0.15, 0.2) is 58.3 Å². The van der Waals surface area contributed by atoms with Crippen LogP contribution in [0.4, 0.5) is 0 Å². The third-order valence-corrected chi connectivity index (χ3v) is 3.81. The second-order valence-corrected chi connectivity index (χ2v) is 5.76. The van der Waals surface area contributed by atoms with E-state index in [1.165, 1.54) is 18.9 Å². The largest absolute Gasteiger partial charge is 0.0901 e. The molecule has 15 heavy (non-hydrogen) atoms. The van der Waals surface area contributed by atoms with Gasteiger partial charge in [-0.3, -0.25) is 0 Å². The Morgan fingerprint density at radius 3 is 1.80 bits per heavy atom. The topological polar surface area (TPSA) is 0 Å². The maximum Gasteiger partial charge on any atom is 0.0131 e. The summed E-state index contributed by atoms with van der Waals surface area (Å²) in [6, 6.07) is 17.2. The highest BCUT2D eigenvalue weighted by Gasteiger charge is 1.96. The zero-order chi connectivity index (χ0) is 10.7. The lowest BCUT2D eigenvalue weighted by molar-refractivity contribution is 1.36. The van der Waals surface area contributed by atoms with Gasteiger partial charge in [0.15, 0.2) is 0 Å². The first kappa shape index (κ1) is 11.0. The van der Waals surface area contributed by atoms with E-state index >= 15 is 0 Å². The van der Waals surface area contributed by atoms with Crippen LogP contribution in [0.5, 0.6) is 0 Å². The van der Waals surface area contributed by atoms with Gasteiger partial charge in [-0.05, 0) is 65.9 Å². The minimum atomic E-state index is 1.28. The van der Waals surface area contributed by atoms with Gasteiger partial charge in [-0.25, -0.2) is 0 Å². The van der Waals surface area contributed by atoms with Crippen molar-refractivity contribution >= 4 is 34.4 Å². The lowest BCUT2D eigenvalue weighted by Gasteiger charge is -2.02. The van der Waals surface area contributed by atoms with Gasteiger partial charge < -0.3 is 0 Å². The number of aryl methyl sites for hydroxylation is 1. The van der Waals surface area contributed by atoms with Crippen LogP contribution >= 0.6 is 34.4 Å². The lowest BCUT2D eigenvalue weighted by Crippen LogP contribution is -1.75. The average molecular weight is 326 g/mol. The summed E-state index contributed by atoms with van der Waals surface area (Å²) in [6.07, 6.45) is 0. The molecule has 0 aromatic heterocycles. The molecule has 0 fully saturated rings. The molecule has 0 heterocycles. The van der Waals surface area contributed by atoms with Gasteiger partial charge in [0, 0.05) is 13.4 Å². The molecule has 0 spiro atoms. The maximum atomic E-state index is 2.32. The van der Waals surface area contributed by atoms with E-state index < -0.39 is 0 Å². The van der Waals surface area contributed by atoms with Crippen LogP contribution in [-0.2, 0) is 0 Å². The highest BCUT2D eigenvalue weighted by molar-refractivity contribution is 14.1. The zero-order valence-electron chi connectivity index (χ0n) is 8.41. The lowest BCUT2D eigenvalue weighted by atomic mass is 10.2. The van der Waals surface area contributed by atoms with Crippen LogP contribution < -0.4 is 0 Å². The highest BCUT2D eigenvalue weighted by atomic mass is 127. The maximum absolute atomic E-state index is 2.32. The molecular weight excluding hydrogens is 315 g/mol. The molecule has 0 nitrogen and oxygen atoms in total. The molecule has 2 heteroatoms. The summed E-state index contributed by atoms with van der Waals surface area (Å²) < 4.78 is 1.28. The molecule has 0 radical (unpaired) electrons. The fourth-order valence-corrected chi connectivity index (χ4v) is 2.42. The Morgan fingerprint density at radius 1 is 0.800 bits per heavy atom. The van der Waals surface area contributed by atoms with Crippen molar-refractivity contribution < 1.29 is 0 Å². The van der Waals surface area contributed by atoms with E-state index in [4.69, 9.17) is 0 Å². The number of rotatable bonds is 2. The zero-order valence-corrected chi connectivity index (χ0v) is 11.4. The van der Waals surface area contributed by atoms with Gasteiger partial charge in [-0.2, -0.15) is 0 Å². The molecule has 0 saturated heterocycles. The SMILES string of the molecule is Cc1ccc(Sc2ccc(I)cc2)cc1. The smallest absolute Gasteiger partial charge is 0.0131 e. The molecule has 76 valence electrons. The summed E-state index contributed by atoms with van der Waals surface area (Å²) in [4.78, 5) is 2.58. The van der Waals surface area contributed by atoms with Gasteiger partial charge in [0.1, 0.15) is 0 Å². The van der Waals surface area contributed by atoms with Crippen LogP contribution in [0.3, 0.4) is 0 Å². The number of halogens is 1. The Morgan fingerprint density at radius 2 is 1.27 bits per heavy atom. The summed E-state index contributed by atoms with van der Waals surface area (Å²) >= 11 is 4.12. The minimum Gasteiger partial charge on any atom is -0.0901 e. The predicted octanol–water partition coefficient (Wildman–Crippen LogP) is 4.75. The van der Waals surface area contributed by atoms with Crippen molar-refractivity contribution in [2.24, 2.45) is 0 Å². The second kappa shape index (κ2) is 5.03. The summed E-state index contributed by atoms with van der Waals surface area (Å²) in [7, 11) is 0. The highest BCUT2D eigenvalue weighted by Crippen LogP contribution is 2.27. The molecule has 0 aliphatic carbocycles. The third-order valence-electron chi connectivity index (χ3n) is 2.07. The van der Waals surface area contributed by atoms with E-state index in [0.29, 0.717) is 0 Å². The van der Waals surface area contributed by atoms with Gasteiger partial charge >= 0.3 is 0 Å². The first-order valence-electron chi connectivity index (χ1n) is 4.74. The van der Waals surface area contributed by atoms with Crippen molar-refractivity contribution in [1.29, 1.82) is 0 Å². The van der Waals surface area contributed by atoms with E-state index in [1.54, 1.807) is 11.8 Å². The molecule has 0 atom stereocenters. The summed E-state index contributed by atoms with van der Waals surface area (Å²) in [5.41, 5.74) is 1.31. The van der Waals surface area contributed by atoms with E-state index in [0.717, 1.165) is 0 Å². The monoisotopic (exact) mass is 326 g/mol. The number of hydrogen-bond donors (Lipinski definition) is 0. The van der Waals surface area contributed by atoms with E-state index in [9.17, 15) is 0 Å². The Kier molecular flexibility index (Phi) is 3.70. The van der Waals surface area contributed by atoms with Crippen molar-refractivity contribution in [3.63, 3.8) is 0 Å². The minimum absolute atomic E-state index is 1.28. The number of benzene rings is 2. The second-order valence-electron chi connectivity index (χ2n) is 3.37. The third kappa shape index (κ3) is 3.24. The summed E-state index contributed by atoms with van der Waals surface area (Å²) in [5.74, 6) is 0. The summed E-state index contributed by atoms with van der Waals surface area (Å²) in [5, 5.41) is 0. The molecule has 0 unspecified atom stereocenters. The Labute approximate surface area is 108 Å². The van der Waals surface area contributed by atoms with E-state index in [1.807, 2.05) is 0 Å². The Balaban J connectivity index is 2.15. The summed E-state index contributed by atoms with van der Waals surface area (Å²) in [6.45, 7) is 2.11. The Bertz CT molecular complexity index is 388. The van der Waals surface area contributed by atoms with Crippen LogP contribution in [0.2, 0.25) is 0 Å². The van der Waals surface area contributed by atoms with Crippen molar-refractivity contribution in [1.82, 2.24) is 0 Å². The molecular formula is C13H11IS. The molecule has 2 rings (SSSR count). The predicted molar refractivity (Wildman–Crippen MR) is 74.5 cm³/mol. The van der Waals surface area contributed by atoms with E-state index in [-0.39, 0.29) is 0 Å². The average Bonchev–Trinajstić information content (AvgIpc) is 2.25. The molecule has 2 aromatic rings. The fourth-order valence-electron chi connectivity index (χ4n) is 1.25. The molecule has 0 aliphatic heterocycles. The van der Waals surface area contributed by atoms with Crippen molar-refractivity contribution in [2.45, 2.75) is 16.7 Å². The van der Waals surface area contributed by atoms with Gasteiger partial charge in [0.05, 0.1) is 0 Å². The molecule has 2 aromatic carbocycles. The fraction of sp³-hybridized carbons (Fsp3) is 0.0769. The standard InChI is InChI=1S/C13H11IS/c1-10-2-6-12(7-3-10)15-13-8-4-11(14)5-9-13/h2-9H,1H3. The first-order valence-corrected chi connectivity index (χ1v) is 6.64. The molecule has 0 N–H and O–H groups in total. The van der Waals surface area contributed by atoms with Crippen molar-refractivity contribution in [3.8, 4) is 0 Å².